The van der Waals surface area contributed by atoms with Crippen molar-refractivity contribution in [3.05, 3.63) is 52.0 Å². The predicted octanol–water partition coefficient (Wildman–Crippen LogP) is 5.57. The highest BCUT2D eigenvalue weighted by molar-refractivity contribution is 6.06. The Labute approximate surface area is 172 Å². The average Bonchev–Trinajstić information content (AvgIpc) is 2.57. The maximum Gasteiger partial charge on any atom is 0.163 e. The molecular weight excluding hydrogens is 364 g/mol. The summed E-state index contributed by atoms with van der Waals surface area (Å²) in [6.45, 7) is 10.2. The molecule has 0 bridgehead atoms. The van der Waals surface area contributed by atoms with Gasteiger partial charge < -0.3 is 9.84 Å². The van der Waals surface area contributed by atoms with Crippen LogP contribution in [0.15, 0.2) is 40.9 Å². The Balaban J connectivity index is 1.94. The van der Waals surface area contributed by atoms with E-state index in [1.54, 1.807) is 0 Å². The SMILES string of the molecule is CCc1ccc2c(c1)OC1=C(C(=O)CC(C)(C)C1)C2C1=C(O)CC(C)(C)CC1=O. The number of carbonyl (C=O) groups is 2. The number of benzene rings is 1. The van der Waals surface area contributed by atoms with Crippen molar-refractivity contribution < 1.29 is 19.4 Å². The first kappa shape index (κ1) is 19.9. The zero-order valence-electron chi connectivity index (χ0n) is 18.0. The lowest BCUT2D eigenvalue weighted by molar-refractivity contribution is -0.119. The summed E-state index contributed by atoms with van der Waals surface area (Å²) in [4.78, 5) is 26.4. The monoisotopic (exact) mass is 394 g/mol. The van der Waals surface area contributed by atoms with Gasteiger partial charge in [0.1, 0.15) is 17.3 Å². The zero-order valence-corrected chi connectivity index (χ0v) is 18.0. The minimum Gasteiger partial charge on any atom is -0.512 e. The van der Waals surface area contributed by atoms with Gasteiger partial charge in [0.15, 0.2) is 11.6 Å². The van der Waals surface area contributed by atoms with Crippen LogP contribution < -0.4 is 4.74 Å². The Hall–Kier alpha value is -2.36. The molecule has 1 unspecified atom stereocenters. The van der Waals surface area contributed by atoms with Crippen LogP contribution in [0.1, 0.15) is 77.3 Å². The lowest BCUT2D eigenvalue weighted by atomic mass is 9.66. The molecule has 1 N–H and O–H groups in total. The highest BCUT2D eigenvalue weighted by Crippen LogP contribution is 2.53. The average molecular weight is 395 g/mol. The molecular formula is C25H30O4. The maximum atomic E-state index is 13.2. The van der Waals surface area contributed by atoms with Crippen LogP contribution in [0.2, 0.25) is 0 Å². The van der Waals surface area contributed by atoms with E-state index in [2.05, 4.69) is 20.8 Å². The summed E-state index contributed by atoms with van der Waals surface area (Å²) in [6, 6.07) is 5.99. The molecule has 4 heteroatoms. The molecule has 29 heavy (non-hydrogen) atoms. The van der Waals surface area contributed by atoms with Gasteiger partial charge in [-0.1, -0.05) is 46.8 Å². The van der Waals surface area contributed by atoms with E-state index in [9.17, 15) is 14.7 Å². The molecule has 4 nitrogen and oxygen atoms in total. The molecule has 2 aliphatic carbocycles. The number of aryl methyl sites for hydroxylation is 1. The molecule has 1 aromatic rings. The van der Waals surface area contributed by atoms with E-state index in [1.807, 2.05) is 32.0 Å². The summed E-state index contributed by atoms with van der Waals surface area (Å²) in [6.07, 6.45) is 2.75. The Morgan fingerprint density at radius 2 is 1.59 bits per heavy atom. The number of carbonyl (C=O) groups excluding carboxylic acids is 2. The van der Waals surface area contributed by atoms with Crippen molar-refractivity contribution in [2.45, 2.75) is 72.6 Å². The number of fused-ring (bicyclic) bond motifs is 1. The first-order valence-corrected chi connectivity index (χ1v) is 10.5. The van der Waals surface area contributed by atoms with Crippen LogP contribution >= 0.6 is 0 Å². The Kier molecular flexibility index (Phi) is 4.52. The number of allylic oxidation sites excluding steroid dienone is 4. The number of hydrogen-bond donors (Lipinski definition) is 1. The van der Waals surface area contributed by atoms with Gasteiger partial charge in [-0.05, 0) is 28.9 Å². The second-order valence-electron chi connectivity index (χ2n) is 10.3. The summed E-state index contributed by atoms with van der Waals surface area (Å²) < 4.78 is 6.26. The largest absolute Gasteiger partial charge is 0.512 e. The molecule has 1 aromatic carbocycles. The number of aliphatic hydroxyl groups is 1. The van der Waals surface area contributed by atoms with Crippen molar-refractivity contribution in [2.24, 2.45) is 10.8 Å². The highest BCUT2D eigenvalue weighted by Gasteiger charge is 2.46. The van der Waals surface area contributed by atoms with Crippen LogP contribution in [-0.2, 0) is 16.0 Å². The molecule has 0 aromatic heterocycles. The molecule has 0 radical (unpaired) electrons. The van der Waals surface area contributed by atoms with Crippen molar-refractivity contribution in [3.63, 3.8) is 0 Å². The van der Waals surface area contributed by atoms with Gasteiger partial charge in [-0.25, -0.2) is 0 Å². The third kappa shape index (κ3) is 3.43. The molecule has 1 aliphatic heterocycles. The number of ketones is 2. The second kappa shape index (κ2) is 6.58. The molecule has 0 saturated heterocycles. The van der Waals surface area contributed by atoms with Gasteiger partial charge >= 0.3 is 0 Å². The maximum absolute atomic E-state index is 13.2. The topological polar surface area (TPSA) is 63.6 Å². The number of hydrogen-bond acceptors (Lipinski definition) is 4. The van der Waals surface area contributed by atoms with Crippen molar-refractivity contribution in [2.75, 3.05) is 0 Å². The summed E-state index contributed by atoms with van der Waals surface area (Å²) in [7, 11) is 0. The van der Waals surface area contributed by atoms with Gasteiger partial charge in [0.2, 0.25) is 0 Å². The fourth-order valence-corrected chi connectivity index (χ4v) is 5.03. The molecule has 0 amide bonds. The predicted molar refractivity (Wildman–Crippen MR) is 112 cm³/mol. The summed E-state index contributed by atoms with van der Waals surface area (Å²) in [5, 5.41) is 10.9. The van der Waals surface area contributed by atoms with E-state index in [1.165, 1.54) is 0 Å². The molecule has 3 aliphatic rings. The van der Waals surface area contributed by atoms with Crippen LogP contribution in [0.3, 0.4) is 0 Å². The Morgan fingerprint density at radius 1 is 0.966 bits per heavy atom. The molecule has 4 rings (SSSR count). The summed E-state index contributed by atoms with van der Waals surface area (Å²) in [5.41, 5.74) is 2.44. The third-order valence-electron chi connectivity index (χ3n) is 6.38. The van der Waals surface area contributed by atoms with Crippen LogP contribution in [0, 0.1) is 10.8 Å². The number of Topliss-reactive ketones (excluding diaryl/α,β-unsaturated/α-hetero) is 2. The van der Waals surface area contributed by atoms with Crippen molar-refractivity contribution in [3.8, 4) is 5.75 Å². The number of ether oxygens (including phenoxy) is 1. The van der Waals surface area contributed by atoms with Gasteiger partial charge in [0, 0.05) is 42.4 Å². The van der Waals surface area contributed by atoms with Gasteiger partial charge in [0.05, 0.1) is 5.92 Å². The standard InChI is InChI=1S/C25H30O4/c1-6-14-7-8-15-19(9-14)29-20-13-25(4,5)12-18(28)23(20)21(15)22-16(26)10-24(2,3)11-17(22)27/h7-9,21,26H,6,10-13H2,1-5H3. The van der Waals surface area contributed by atoms with E-state index < -0.39 is 5.92 Å². The van der Waals surface area contributed by atoms with E-state index in [0.29, 0.717) is 48.3 Å². The van der Waals surface area contributed by atoms with Gasteiger partial charge in [-0.3, -0.25) is 9.59 Å². The van der Waals surface area contributed by atoms with E-state index in [0.717, 1.165) is 17.5 Å². The van der Waals surface area contributed by atoms with E-state index in [-0.39, 0.29) is 28.2 Å². The minimum atomic E-state index is -0.535. The quantitative estimate of drug-likeness (QED) is 0.712. The first-order chi connectivity index (χ1) is 13.5. The Bertz CT molecular complexity index is 975. The van der Waals surface area contributed by atoms with Crippen LogP contribution in [-0.4, -0.2) is 16.7 Å². The normalized spacial score (nSPS) is 25.5. The molecule has 0 saturated carbocycles. The fourth-order valence-electron chi connectivity index (χ4n) is 5.03. The summed E-state index contributed by atoms with van der Waals surface area (Å²) in [5.74, 6) is 0.900. The van der Waals surface area contributed by atoms with Crippen molar-refractivity contribution in [1.82, 2.24) is 0 Å². The van der Waals surface area contributed by atoms with Gasteiger partial charge in [-0.15, -0.1) is 0 Å². The highest BCUT2D eigenvalue weighted by atomic mass is 16.5. The summed E-state index contributed by atoms with van der Waals surface area (Å²) >= 11 is 0. The Morgan fingerprint density at radius 3 is 2.21 bits per heavy atom. The van der Waals surface area contributed by atoms with Gasteiger partial charge in [0.25, 0.3) is 0 Å². The molecule has 0 spiro atoms. The van der Waals surface area contributed by atoms with Crippen molar-refractivity contribution in [1.29, 1.82) is 0 Å². The van der Waals surface area contributed by atoms with Crippen LogP contribution in [0.5, 0.6) is 5.75 Å². The van der Waals surface area contributed by atoms with Crippen molar-refractivity contribution >= 4 is 11.6 Å². The van der Waals surface area contributed by atoms with Crippen LogP contribution in [0.25, 0.3) is 0 Å². The molecule has 1 atom stereocenters. The van der Waals surface area contributed by atoms with E-state index >= 15 is 0 Å². The molecule has 154 valence electrons. The minimum absolute atomic E-state index is 0.0180. The number of aliphatic hydroxyl groups excluding tert-OH is 1. The van der Waals surface area contributed by atoms with Crippen LogP contribution in [0.4, 0.5) is 0 Å². The lowest BCUT2D eigenvalue weighted by Gasteiger charge is -2.40. The van der Waals surface area contributed by atoms with E-state index in [4.69, 9.17) is 4.74 Å². The second-order valence-corrected chi connectivity index (χ2v) is 10.3. The third-order valence-corrected chi connectivity index (χ3v) is 6.38. The molecule has 1 heterocycles. The first-order valence-electron chi connectivity index (χ1n) is 10.5. The number of rotatable bonds is 2. The lowest BCUT2D eigenvalue weighted by Crippen LogP contribution is -2.36. The smallest absolute Gasteiger partial charge is 0.163 e. The molecule has 0 fully saturated rings. The zero-order chi connectivity index (χ0) is 21.1. The van der Waals surface area contributed by atoms with Gasteiger partial charge in [-0.2, -0.15) is 0 Å². The fraction of sp³-hybridized carbons (Fsp3) is 0.520.